The third-order valence-electron chi connectivity index (χ3n) is 0.627. The molecule has 0 aliphatic heterocycles. The van der Waals surface area contributed by atoms with Crippen LogP contribution in [0.1, 0.15) is 13.3 Å². The van der Waals surface area contributed by atoms with Gasteiger partial charge in [-0.2, -0.15) is 0 Å². The molecule has 3 heteroatoms. The van der Waals surface area contributed by atoms with Gasteiger partial charge in [0.1, 0.15) is 0 Å². The second kappa shape index (κ2) is 4.36. The topological polar surface area (TPSA) is 32.6 Å². The van der Waals surface area contributed by atoms with Crippen molar-refractivity contribution in [1.82, 2.24) is 0 Å². The van der Waals surface area contributed by atoms with Gasteiger partial charge in [0, 0.05) is 4.43 Å². The lowest BCUT2D eigenvalue weighted by molar-refractivity contribution is 0.317. The van der Waals surface area contributed by atoms with Crippen molar-refractivity contribution in [1.29, 1.82) is 0 Å². The van der Waals surface area contributed by atoms with Crippen LogP contribution in [0.2, 0.25) is 0 Å². The average Bonchev–Trinajstić information content (AvgIpc) is 1.68. The van der Waals surface area contributed by atoms with Gasteiger partial charge in [-0.15, -0.1) is 0 Å². The molecule has 0 aromatic carbocycles. The summed E-state index contributed by atoms with van der Waals surface area (Å²) in [5.74, 6) is 0. The van der Waals surface area contributed by atoms with Crippen LogP contribution >= 0.6 is 22.6 Å². The van der Waals surface area contributed by atoms with Gasteiger partial charge in [-0.1, -0.05) is 27.7 Å². The summed E-state index contributed by atoms with van der Waals surface area (Å²) in [5.41, 5.74) is 0.800. The minimum absolute atomic E-state index is 0.800. The Labute approximate surface area is 56.7 Å². The summed E-state index contributed by atoms with van der Waals surface area (Å²) in [6, 6.07) is 0. The summed E-state index contributed by atoms with van der Waals surface area (Å²) in [7, 11) is 0. The molecule has 0 aliphatic carbocycles. The Morgan fingerprint density at radius 2 is 2.43 bits per heavy atom. The molecular weight excluding hydrogens is 205 g/mol. The maximum atomic E-state index is 8.05. The first-order valence-corrected chi connectivity index (χ1v) is 3.57. The predicted molar refractivity (Wildman–Crippen MR) is 38.4 cm³/mol. The Hall–Kier alpha value is 0.200. The van der Waals surface area contributed by atoms with Gasteiger partial charge in [0.05, 0.1) is 5.71 Å². The first kappa shape index (κ1) is 7.20. The number of alkyl halides is 1. The molecule has 0 aromatic rings. The molecule has 42 valence electrons. The number of hydrogen-bond acceptors (Lipinski definition) is 2. The molecule has 0 bridgehead atoms. The fraction of sp³-hybridized carbons (Fsp3) is 0.750. The van der Waals surface area contributed by atoms with Crippen molar-refractivity contribution < 1.29 is 5.21 Å². The Bertz CT molecular complexity index is 72.1. The lowest BCUT2D eigenvalue weighted by atomic mass is 10.3. The first-order chi connectivity index (χ1) is 3.31. The van der Waals surface area contributed by atoms with Crippen LogP contribution in [0, 0.1) is 0 Å². The molecule has 0 saturated heterocycles. The second-order valence-electron chi connectivity index (χ2n) is 1.27. The Kier molecular flexibility index (Phi) is 4.49. The molecule has 0 aliphatic rings. The predicted octanol–water partition coefficient (Wildman–Crippen LogP) is 1.66. The van der Waals surface area contributed by atoms with Gasteiger partial charge in [-0.25, -0.2) is 0 Å². The highest BCUT2D eigenvalue weighted by Gasteiger charge is 1.85. The quantitative estimate of drug-likeness (QED) is 0.244. The fourth-order valence-corrected chi connectivity index (χ4v) is 0.967. The summed E-state index contributed by atoms with van der Waals surface area (Å²) in [5, 5.41) is 11.0. The molecular formula is C4H8INO. The smallest absolute Gasteiger partial charge is 0.0547 e. The van der Waals surface area contributed by atoms with Crippen LogP contribution < -0.4 is 0 Å². The van der Waals surface area contributed by atoms with Gasteiger partial charge in [-0.3, -0.25) is 0 Å². The van der Waals surface area contributed by atoms with E-state index in [1.54, 1.807) is 6.92 Å². The van der Waals surface area contributed by atoms with Gasteiger partial charge >= 0.3 is 0 Å². The van der Waals surface area contributed by atoms with Crippen molar-refractivity contribution in [2.45, 2.75) is 13.3 Å². The number of nitrogens with zero attached hydrogens (tertiary/aromatic N) is 1. The number of rotatable bonds is 2. The van der Waals surface area contributed by atoms with Crippen LogP contribution in [-0.4, -0.2) is 15.3 Å². The Morgan fingerprint density at radius 1 is 1.86 bits per heavy atom. The SMILES string of the molecule is CC(CCI)=NO. The largest absolute Gasteiger partial charge is 0.411 e. The number of halogens is 1. The van der Waals surface area contributed by atoms with Crippen LogP contribution in [0.4, 0.5) is 0 Å². The summed E-state index contributed by atoms with van der Waals surface area (Å²) in [6.45, 7) is 1.80. The van der Waals surface area contributed by atoms with Gasteiger partial charge < -0.3 is 5.21 Å². The normalized spacial score (nSPS) is 12.0. The van der Waals surface area contributed by atoms with E-state index in [0.717, 1.165) is 16.6 Å². The van der Waals surface area contributed by atoms with Crippen LogP contribution in [0.15, 0.2) is 5.16 Å². The van der Waals surface area contributed by atoms with E-state index in [4.69, 9.17) is 5.21 Å². The highest BCUT2D eigenvalue weighted by Crippen LogP contribution is 1.89. The molecule has 0 spiro atoms. The maximum Gasteiger partial charge on any atom is 0.0547 e. The van der Waals surface area contributed by atoms with Crippen molar-refractivity contribution in [2.24, 2.45) is 5.16 Å². The standard InChI is InChI=1S/C4H8INO/c1-4(6-7)2-3-5/h7H,2-3H2,1H3. The van der Waals surface area contributed by atoms with Crippen molar-refractivity contribution in [3.63, 3.8) is 0 Å². The van der Waals surface area contributed by atoms with E-state index >= 15 is 0 Å². The van der Waals surface area contributed by atoms with E-state index in [0.29, 0.717) is 0 Å². The zero-order valence-corrected chi connectivity index (χ0v) is 6.34. The zero-order valence-electron chi connectivity index (χ0n) is 4.19. The zero-order chi connectivity index (χ0) is 5.70. The van der Waals surface area contributed by atoms with E-state index in [9.17, 15) is 0 Å². The molecule has 0 radical (unpaired) electrons. The molecule has 0 unspecified atom stereocenters. The molecule has 0 amide bonds. The van der Waals surface area contributed by atoms with Gasteiger partial charge in [0.25, 0.3) is 0 Å². The number of hydrogen-bond donors (Lipinski definition) is 1. The summed E-state index contributed by atoms with van der Waals surface area (Å²) < 4.78 is 1.02. The van der Waals surface area contributed by atoms with Crippen LogP contribution in [-0.2, 0) is 0 Å². The molecule has 0 aromatic heterocycles. The van der Waals surface area contributed by atoms with E-state index in [2.05, 4.69) is 27.7 Å². The Morgan fingerprint density at radius 3 is 2.57 bits per heavy atom. The number of oxime groups is 1. The fourth-order valence-electron chi connectivity index (χ4n) is 0.187. The third-order valence-corrected chi connectivity index (χ3v) is 1.17. The van der Waals surface area contributed by atoms with E-state index < -0.39 is 0 Å². The minimum atomic E-state index is 0.800. The lowest BCUT2D eigenvalue weighted by Crippen LogP contribution is -1.89. The summed E-state index contributed by atoms with van der Waals surface area (Å²) in [4.78, 5) is 0. The molecule has 0 atom stereocenters. The van der Waals surface area contributed by atoms with Gasteiger partial charge in [-0.05, 0) is 13.3 Å². The molecule has 0 heterocycles. The summed E-state index contributed by atoms with van der Waals surface area (Å²) >= 11 is 2.23. The highest BCUT2D eigenvalue weighted by molar-refractivity contribution is 14.1. The molecule has 0 rings (SSSR count). The lowest BCUT2D eigenvalue weighted by Gasteiger charge is -1.86. The van der Waals surface area contributed by atoms with Crippen molar-refractivity contribution >= 4 is 28.3 Å². The Balaban J connectivity index is 3.17. The van der Waals surface area contributed by atoms with Crippen LogP contribution in [0.25, 0.3) is 0 Å². The van der Waals surface area contributed by atoms with Crippen molar-refractivity contribution in [3.8, 4) is 0 Å². The maximum absolute atomic E-state index is 8.05. The average molecular weight is 213 g/mol. The summed E-state index contributed by atoms with van der Waals surface area (Å²) in [6.07, 6.45) is 0.886. The highest BCUT2D eigenvalue weighted by atomic mass is 127. The molecule has 0 saturated carbocycles. The van der Waals surface area contributed by atoms with E-state index in [1.165, 1.54) is 0 Å². The third kappa shape index (κ3) is 4.04. The first-order valence-electron chi connectivity index (χ1n) is 2.04. The van der Waals surface area contributed by atoms with Crippen LogP contribution in [0.3, 0.4) is 0 Å². The molecule has 0 fully saturated rings. The van der Waals surface area contributed by atoms with Gasteiger partial charge in [0.2, 0.25) is 0 Å². The van der Waals surface area contributed by atoms with Crippen LogP contribution in [0.5, 0.6) is 0 Å². The minimum Gasteiger partial charge on any atom is -0.411 e. The van der Waals surface area contributed by atoms with Gasteiger partial charge in [0.15, 0.2) is 0 Å². The van der Waals surface area contributed by atoms with Crippen molar-refractivity contribution in [2.75, 3.05) is 4.43 Å². The monoisotopic (exact) mass is 213 g/mol. The molecule has 7 heavy (non-hydrogen) atoms. The second-order valence-corrected chi connectivity index (χ2v) is 2.35. The molecule has 1 N–H and O–H groups in total. The molecule has 2 nitrogen and oxygen atoms in total. The van der Waals surface area contributed by atoms with E-state index in [-0.39, 0.29) is 0 Å². The van der Waals surface area contributed by atoms with Crippen molar-refractivity contribution in [3.05, 3.63) is 0 Å². The van der Waals surface area contributed by atoms with E-state index in [1.807, 2.05) is 0 Å².